The average Bonchev–Trinajstić information content (AvgIpc) is 3.26. The number of nitrogens with zero attached hydrogens (tertiary/aromatic N) is 5. The van der Waals surface area contributed by atoms with Gasteiger partial charge >= 0.3 is 0 Å². The molecule has 2 saturated carbocycles. The van der Waals surface area contributed by atoms with Gasteiger partial charge in [-0.15, -0.1) is 0 Å². The van der Waals surface area contributed by atoms with E-state index in [2.05, 4.69) is 30.9 Å². The Bertz CT molecular complexity index is 1520. The van der Waals surface area contributed by atoms with Crippen LogP contribution in [-0.2, 0) is 0 Å². The number of pyridine rings is 3. The van der Waals surface area contributed by atoms with Crippen molar-refractivity contribution < 1.29 is 13.2 Å². The van der Waals surface area contributed by atoms with Crippen molar-refractivity contribution in [3.63, 3.8) is 0 Å². The van der Waals surface area contributed by atoms with Crippen molar-refractivity contribution >= 4 is 28.4 Å². The van der Waals surface area contributed by atoms with Gasteiger partial charge in [-0.1, -0.05) is 6.42 Å². The molecule has 188 valence electrons. The summed E-state index contributed by atoms with van der Waals surface area (Å²) in [6.45, 7) is 2.01. The highest BCUT2D eigenvalue weighted by Crippen LogP contribution is 2.46. The van der Waals surface area contributed by atoms with Crippen LogP contribution in [0.1, 0.15) is 30.7 Å². The Hall–Kier alpha value is -3.86. The maximum absolute atomic E-state index is 14.1. The summed E-state index contributed by atoms with van der Waals surface area (Å²) < 4.78 is 41.0. The predicted molar refractivity (Wildman–Crippen MR) is 132 cm³/mol. The molecule has 4 aromatic heterocycles. The van der Waals surface area contributed by atoms with Crippen molar-refractivity contribution in [3.8, 4) is 11.4 Å². The summed E-state index contributed by atoms with van der Waals surface area (Å²) in [7, 11) is 0. The fourth-order valence-corrected chi connectivity index (χ4v) is 5.45. The zero-order valence-electron chi connectivity index (χ0n) is 19.7. The van der Waals surface area contributed by atoms with E-state index in [0.29, 0.717) is 41.2 Å². The van der Waals surface area contributed by atoms with E-state index in [-0.39, 0.29) is 5.82 Å². The molecule has 8 nitrogen and oxygen atoms in total. The number of hydrogen-bond acceptors (Lipinski definition) is 8. The van der Waals surface area contributed by atoms with Gasteiger partial charge in [0.25, 0.3) is 5.95 Å². The van der Waals surface area contributed by atoms with Crippen molar-refractivity contribution in [2.24, 2.45) is 11.8 Å². The van der Waals surface area contributed by atoms with Crippen LogP contribution < -0.4 is 16.0 Å². The van der Waals surface area contributed by atoms with Crippen LogP contribution in [0.4, 0.5) is 30.6 Å². The van der Waals surface area contributed by atoms with Crippen LogP contribution in [0.2, 0.25) is 0 Å². The molecule has 0 aromatic carbocycles. The van der Waals surface area contributed by atoms with E-state index in [0.717, 1.165) is 42.7 Å². The second-order valence-electron chi connectivity index (χ2n) is 9.95. The van der Waals surface area contributed by atoms with Crippen molar-refractivity contribution in [3.05, 3.63) is 59.9 Å². The SMILES string of the molecule is Fc1cc(F)c(Nc2cc(-c3nc(NC4C5CNCC54)c4c(C5CCC5)cncc4n3)ccn2)nc1F. The molecule has 5 heterocycles. The van der Waals surface area contributed by atoms with Crippen molar-refractivity contribution in [2.75, 3.05) is 23.7 Å². The van der Waals surface area contributed by atoms with Crippen molar-refractivity contribution in [2.45, 2.75) is 31.2 Å². The van der Waals surface area contributed by atoms with Crippen LogP contribution in [0.3, 0.4) is 0 Å². The average molecular weight is 505 g/mol. The van der Waals surface area contributed by atoms with E-state index in [9.17, 15) is 13.2 Å². The Morgan fingerprint density at radius 1 is 0.919 bits per heavy atom. The van der Waals surface area contributed by atoms with Gasteiger partial charge < -0.3 is 16.0 Å². The Labute approximate surface area is 210 Å². The molecule has 3 fully saturated rings. The molecule has 37 heavy (non-hydrogen) atoms. The topological polar surface area (TPSA) is 101 Å². The lowest BCUT2D eigenvalue weighted by Gasteiger charge is -2.27. The zero-order chi connectivity index (χ0) is 25.1. The molecule has 2 aliphatic carbocycles. The second kappa shape index (κ2) is 8.62. The molecule has 2 unspecified atom stereocenters. The molecule has 3 N–H and O–H groups in total. The normalized spacial score (nSPS) is 22.5. The monoisotopic (exact) mass is 504 g/mol. The summed E-state index contributed by atoms with van der Waals surface area (Å²) in [5.74, 6) is -1.16. The van der Waals surface area contributed by atoms with Crippen molar-refractivity contribution in [1.29, 1.82) is 0 Å². The van der Waals surface area contributed by atoms with Gasteiger partial charge in [-0.05, 0) is 48.3 Å². The first-order valence-electron chi connectivity index (χ1n) is 12.4. The summed E-state index contributed by atoms with van der Waals surface area (Å²) in [5.41, 5.74) is 2.55. The lowest BCUT2D eigenvalue weighted by Crippen LogP contribution is -2.22. The fourth-order valence-electron chi connectivity index (χ4n) is 5.45. The molecule has 7 rings (SSSR count). The van der Waals surface area contributed by atoms with Gasteiger partial charge in [0, 0.05) is 48.5 Å². The minimum Gasteiger partial charge on any atom is -0.366 e. The highest BCUT2D eigenvalue weighted by Gasteiger charge is 2.53. The zero-order valence-corrected chi connectivity index (χ0v) is 19.7. The molecule has 0 radical (unpaired) electrons. The molecule has 4 aromatic rings. The van der Waals surface area contributed by atoms with E-state index in [1.165, 1.54) is 18.2 Å². The van der Waals surface area contributed by atoms with Gasteiger partial charge in [-0.25, -0.2) is 23.7 Å². The Balaban J connectivity index is 1.28. The number of fused-ring (bicyclic) bond motifs is 2. The number of halogens is 3. The minimum absolute atomic E-state index is 0.192. The number of piperidine rings is 1. The first-order chi connectivity index (χ1) is 18.0. The number of hydrogen-bond donors (Lipinski definition) is 3. The molecule has 1 aliphatic heterocycles. The van der Waals surface area contributed by atoms with Crippen LogP contribution in [-0.4, -0.2) is 44.1 Å². The third-order valence-corrected chi connectivity index (χ3v) is 7.73. The summed E-state index contributed by atoms with van der Waals surface area (Å²) in [5, 5.41) is 10.8. The Morgan fingerprint density at radius 2 is 1.76 bits per heavy atom. The number of aromatic nitrogens is 5. The Morgan fingerprint density at radius 3 is 2.54 bits per heavy atom. The Kier molecular flexibility index (Phi) is 5.20. The lowest BCUT2D eigenvalue weighted by atomic mass is 9.79. The maximum atomic E-state index is 14.1. The van der Waals surface area contributed by atoms with Crippen LogP contribution in [0.5, 0.6) is 0 Å². The van der Waals surface area contributed by atoms with E-state index < -0.39 is 23.4 Å². The largest absolute Gasteiger partial charge is 0.366 e. The molecule has 0 amide bonds. The van der Waals surface area contributed by atoms with Crippen LogP contribution in [0.15, 0.2) is 36.8 Å². The summed E-state index contributed by atoms with van der Waals surface area (Å²) in [4.78, 5) is 21.7. The fraction of sp³-hybridized carbons (Fsp3) is 0.346. The third-order valence-electron chi connectivity index (χ3n) is 7.73. The smallest absolute Gasteiger partial charge is 0.251 e. The molecule has 0 bridgehead atoms. The third kappa shape index (κ3) is 3.93. The summed E-state index contributed by atoms with van der Waals surface area (Å²) in [6, 6.07) is 4.16. The number of nitrogens with one attached hydrogen (secondary N) is 3. The van der Waals surface area contributed by atoms with Crippen LogP contribution >= 0.6 is 0 Å². The highest BCUT2D eigenvalue weighted by molar-refractivity contribution is 5.93. The minimum atomic E-state index is -1.40. The molecule has 0 spiro atoms. The molecule has 11 heteroatoms. The quantitative estimate of drug-likeness (QED) is 0.329. The van der Waals surface area contributed by atoms with E-state index in [4.69, 9.17) is 9.97 Å². The van der Waals surface area contributed by atoms with E-state index in [1.54, 1.807) is 18.3 Å². The van der Waals surface area contributed by atoms with Gasteiger partial charge in [0.1, 0.15) is 11.6 Å². The van der Waals surface area contributed by atoms with Gasteiger partial charge in [0.15, 0.2) is 23.3 Å². The van der Waals surface area contributed by atoms with Gasteiger partial charge in [-0.2, -0.15) is 9.37 Å². The number of rotatable bonds is 6. The standard InChI is InChI=1S/C26H23F3N8/c27-17-7-18(28)25(36-23(17)29)34-20-6-13(4-5-32-20)24-33-19-11-31-8-14(12-2-1-3-12)21(19)26(37-24)35-22-15-9-30-10-16(15)22/h4-8,11-12,15-16,22,30H,1-3,9-10H2,(H,32,34,36)(H,33,35,37). The van der Waals surface area contributed by atoms with Gasteiger partial charge in [-0.3, -0.25) is 4.98 Å². The first kappa shape index (κ1) is 22.3. The maximum Gasteiger partial charge on any atom is 0.251 e. The number of anilines is 3. The lowest BCUT2D eigenvalue weighted by molar-refractivity contribution is 0.421. The molecular formula is C26H23F3N8. The van der Waals surface area contributed by atoms with E-state index >= 15 is 0 Å². The van der Waals surface area contributed by atoms with Gasteiger partial charge in [0.2, 0.25) is 0 Å². The molecule has 3 aliphatic rings. The van der Waals surface area contributed by atoms with Crippen LogP contribution in [0.25, 0.3) is 22.3 Å². The second-order valence-corrected chi connectivity index (χ2v) is 9.95. The first-order valence-corrected chi connectivity index (χ1v) is 12.4. The predicted octanol–water partition coefficient (Wildman–Crippen LogP) is 4.54. The van der Waals surface area contributed by atoms with Crippen LogP contribution in [0, 0.1) is 29.4 Å². The summed E-state index contributed by atoms with van der Waals surface area (Å²) >= 11 is 0. The highest BCUT2D eigenvalue weighted by atomic mass is 19.2. The van der Waals surface area contributed by atoms with Crippen molar-refractivity contribution in [1.82, 2.24) is 30.2 Å². The summed E-state index contributed by atoms with van der Waals surface area (Å²) in [6.07, 6.45) is 8.68. The van der Waals surface area contributed by atoms with Gasteiger partial charge in [0.05, 0.1) is 11.7 Å². The molecule has 1 saturated heterocycles. The van der Waals surface area contributed by atoms with E-state index in [1.807, 2.05) is 6.20 Å². The molecule has 2 atom stereocenters. The molecular weight excluding hydrogens is 481 g/mol.